The summed E-state index contributed by atoms with van der Waals surface area (Å²) >= 11 is 6.39. The molecule has 3 heteroatoms. The maximum atomic E-state index is 6.39. The fraction of sp³-hybridized carbons (Fsp3) is 0.455. The second-order valence-electron chi connectivity index (χ2n) is 8.09. The Bertz CT molecular complexity index is 756. The fourth-order valence-corrected chi connectivity index (χ4v) is 4.99. The zero-order chi connectivity index (χ0) is 17.6. The Balaban J connectivity index is 1.76. The Labute approximate surface area is 156 Å². The van der Waals surface area contributed by atoms with Crippen LogP contribution in [0.2, 0.25) is 5.02 Å². The zero-order valence-corrected chi connectivity index (χ0v) is 16.1. The number of nitrogens with zero attached hydrogens (tertiary/aromatic N) is 1. The van der Waals surface area contributed by atoms with Crippen molar-refractivity contribution < 1.29 is 0 Å². The summed E-state index contributed by atoms with van der Waals surface area (Å²) in [6, 6.07) is 17.8. The molecule has 2 nitrogen and oxygen atoms in total. The smallest absolute Gasteiger partial charge is 0.0409 e. The first-order valence-corrected chi connectivity index (χ1v) is 9.65. The number of hydrogen-bond acceptors (Lipinski definition) is 2. The first-order chi connectivity index (χ1) is 12.0. The van der Waals surface area contributed by atoms with Gasteiger partial charge in [0.25, 0.3) is 0 Å². The van der Waals surface area contributed by atoms with Crippen LogP contribution in [-0.2, 0) is 0 Å². The highest BCUT2D eigenvalue weighted by atomic mass is 35.5. The molecule has 3 atom stereocenters. The van der Waals surface area contributed by atoms with Gasteiger partial charge < -0.3 is 5.32 Å². The highest BCUT2D eigenvalue weighted by Gasteiger charge is 2.45. The molecular weight excluding hydrogens is 328 g/mol. The van der Waals surface area contributed by atoms with Crippen molar-refractivity contribution in [3.05, 3.63) is 70.2 Å². The Morgan fingerprint density at radius 1 is 1.08 bits per heavy atom. The topological polar surface area (TPSA) is 15.3 Å². The van der Waals surface area contributed by atoms with Gasteiger partial charge in [0.1, 0.15) is 0 Å². The van der Waals surface area contributed by atoms with Crippen molar-refractivity contribution in [3.8, 4) is 0 Å². The third kappa shape index (κ3) is 2.91. The molecule has 1 aliphatic carbocycles. The lowest BCUT2D eigenvalue weighted by molar-refractivity contribution is 0.0609. The van der Waals surface area contributed by atoms with Gasteiger partial charge in [-0.15, -0.1) is 0 Å². The normalized spacial score (nSPS) is 28.7. The van der Waals surface area contributed by atoms with Crippen molar-refractivity contribution in [3.63, 3.8) is 0 Å². The zero-order valence-electron chi connectivity index (χ0n) is 15.3. The molecule has 0 bridgehead atoms. The van der Waals surface area contributed by atoms with Crippen LogP contribution in [0.25, 0.3) is 0 Å². The van der Waals surface area contributed by atoms with Gasteiger partial charge in [0.05, 0.1) is 0 Å². The lowest BCUT2D eigenvalue weighted by Crippen LogP contribution is -2.64. The van der Waals surface area contributed by atoms with Crippen LogP contribution in [0.5, 0.6) is 0 Å². The maximum Gasteiger partial charge on any atom is 0.0409 e. The van der Waals surface area contributed by atoms with E-state index < -0.39 is 0 Å². The molecule has 1 saturated heterocycles. The highest BCUT2D eigenvalue weighted by molar-refractivity contribution is 6.30. The van der Waals surface area contributed by atoms with Gasteiger partial charge in [-0.2, -0.15) is 0 Å². The molecule has 1 N–H and O–H groups in total. The minimum absolute atomic E-state index is 0.119. The van der Waals surface area contributed by atoms with Crippen molar-refractivity contribution >= 4 is 11.6 Å². The molecule has 2 aromatic rings. The Morgan fingerprint density at radius 3 is 2.60 bits per heavy atom. The van der Waals surface area contributed by atoms with E-state index in [0.29, 0.717) is 17.9 Å². The van der Waals surface area contributed by atoms with Crippen molar-refractivity contribution in [1.82, 2.24) is 10.2 Å². The van der Waals surface area contributed by atoms with Crippen LogP contribution in [-0.4, -0.2) is 36.6 Å². The average molecular weight is 355 g/mol. The molecule has 2 aromatic carbocycles. The number of hydrogen-bond donors (Lipinski definition) is 1. The summed E-state index contributed by atoms with van der Waals surface area (Å²) in [6.07, 6.45) is 1.15. The number of likely N-dealkylation sites (N-methyl/N-ethyl adjacent to an activating group) is 1. The van der Waals surface area contributed by atoms with Crippen LogP contribution in [0, 0.1) is 0 Å². The van der Waals surface area contributed by atoms with Crippen LogP contribution in [0.1, 0.15) is 48.8 Å². The molecule has 25 heavy (non-hydrogen) atoms. The molecule has 4 rings (SSSR count). The number of nitrogens with one attached hydrogen (secondary N) is 1. The molecule has 0 radical (unpaired) electrons. The Kier molecular flexibility index (Phi) is 4.39. The summed E-state index contributed by atoms with van der Waals surface area (Å²) in [5, 5.41) is 4.68. The molecule has 1 fully saturated rings. The quantitative estimate of drug-likeness (QED) is 0.845. The summed E-state index contributed by atoms with van der Waals surface area (Å²) in [4.78, 5) is 2.49. The van der Waals surface area contributed by atoms with E-state index >= 15 is 0 Å². The van der Waals surface area contributed by atoms with Gasteiger partial charge in [-0.1, -0.05) is 48.0 Å². The van der Waals surface area contributed by atoms with E-state index in [-0.39, 0.29) is 5.54 Å². The van der Waals surface area contributed by atoms with Crippen molar-refractivity contribution in [2.24, 2.45) is 0 Å². The van der Waals surface area contributed by atoms with Gasteiger partial charge in [0.2, 0.25) is 0 Å². The predicted molar refractivity (Wildman–Crippen MR) is 106 cm³/mol. The summed E-state index contributed by atoms with van der Waals surface area (Å²) in [5.74, 6) is 0.944. The minimum Gasteiger partial charge on any atom is -0.310 e. The number of halogens is 1. The van der Waals surface area contributed by atoms with Crippen LogP contribution in [0.4, 0.5) is 0 Å². The number of rotatable bonds is 2. The van der Waals surface area contributed by atoms with Gasteiger partial charge in [0.15, 0.2) is 0 Å². The summed E-state index contributed by atoms with van der Waals surface area (Å²) in [5.41, 5.74) is 4.41. The second-order valence-corrected chi connectivity index (χ2v) is 8.52. The van der Waals surface area contributed by atoms with E-state index in [4.69, 9.17) is 11.6 Å². The van der Waals surface area contributed by atoms with E-state index in [1.54, 1.807) is 0 Å². The van der Waals surface area contributed by atoms with E-state index in [2.05, 4.69) is 73.6 Å². The van der Waals surface area contributed by atoms with E-state index in [0.717, 1.165) is 24.5 Å². The number of benzene rings is 2. The van der Waals surface area contributed by atoms with Gasteiger partial charge in [-0.3, -0.25) is 4.90 Å². The highest BCUT2D eigenvalue weighted by Crippen LogP contribution is 2.49. The number of fused-ring (bicyclic) bond motifs is 1. The lowest BCUT2D eigenvalue weighted by Gasteiger charge is -2.49. The Morgan fingerprint density at radius 2 is 1.84 bits per heavy atom. The van der Waals surface area contributed by atoms with Gasteiger partial charge in [-0.05, 0) is 56.1 Å². The van der Waals surface area contributed by atoms with Crippen LogP contribution in [0.3, 0.4) is 0 Å². The number of piperazine rings is 1. The van der Waals surface area contributed by atoms with Crippen LogP contribution < -0.4 is 5.32 Å². The molecule has 1 aliphatic heterocycles. The summed E-state index contributed by atoms with van der Waals surface area (Å²) < 4.78 is 0. The first-order valence-electron chi connectivity index (χ1n) is 9.27. The predicted octanol–water partition coefficient (Wildman–Crippen LogP) is 4.64. The van der Waals surface area contributed by atoms with E-state index in [1.807, 2.05) is 6.07 Å². The molecule has 2 aliphatic rings. The largest absolute Gasteiger partial charge is 0.310 e. The third-order valence-corrected chi connectivity index (χ3v) is 6.71. The van der Waals surface area contributed by atoms with Crippen molar-refractivity contribution in [1.29, 1.82) is 0 Å². The monoisotopic (exact) mass is 354 g/mol. The Hall–Kier alpha value is -1.35. The third-order valence-electron chi connectivity index (χ3n) is 6.47. The lowest BCUT2D eigenvalue weighted by atomic mass is 9.78. The van der Waals surface area contributed by atoms with Gasteiger partial charge >= 0.3 is 0 Å². The molecule has 0 amide bonds. The molecule has 0 spiro atoms. The molecule has 1 unspecified atom stereocenters. The van der Waals surface area contributed by atoms with Crippen LogP contribution >= 0.6 is 11.6 Å². The van der Waals surface area contributed by atoms with Crippen LogP contribution in [0.15, 0.2) is 48.5 Å². The van der Waals surface area contributed by atoms with Gasteiger partial charge in [-0.25, -0.2) is 0 Å². The first kappa shape index (κ1) is 17.1. The van der Waals surface area contributed by atoms with Crippen molar-refractivity contribution in [2.45, 2.75) is 43.7 Å². The van der Waals surface area contributed by atoms with Gasteiger partial charge in [0, 0.05) is 41.5 Å². The molecule has 132 valence electrons. The molecule has 0 saturated carbocycles. The molecular formula is C22H27ClN2. The average Bonchev–Trinajstić information content (AvgIpc) is 2.96. The molecule has 1 heterocycles. The second kappa shape index (κ2) is 6.42. The summed E-state index contributed by atoms with van der Waals surface area (Å²) in [7, 11) is 2.25. The standard InChI is InChI=1S/C22H27ClN2/c1-22(2)21(24-11-12-25(22)3)20-14-18(15-7-5-4-6-8-15)17-10-9-16(23)13-19(17)20/h4-10,13,18,20-21,24H,11-12,14H2,1-3H3/t18?,20-,21+/m1/s1. The SMILES string of the molecule is CN1CCN[C@@H]([C@@H]2CC(c3ccccc3)c3ccc(Cl)cc32)C1(C)C. The fourth-order valence-electron chi connectivity index (χ4n) is 4.81. The maximum absolute atomic E-state index is 6.39. The van der Waals surface area contributed by atoms with E-state index in [9.17, 15) is 0 Å². The van der Waals surface area contributed by atoms with Crippen molar-refractivity contribution in [2.75, 3.05) is 20.1 Å². The minimum atomic E-state index is 0.119. The summed E-state index contributed by atoms with van der Waals surface area (Å²) in [6.45, 7) is 6.88. The van der Waals surface area contributed by atoms with E-state index in [1.165, 1.54) is 16.7 Å². The molecule has 0 aromatic heterocycles.